The highest BCUT2D eigenvalue weighted by Gasteiger charge is 2.09. The van der Waals surface area contributed by atoms with E-state index in [-0.39, 0.29) is 11.3 Å². The van der Waals surface area contributed by atoms with Crippen molar-refractivity contribution in [3.8, 4) is 22.7 Å². The number of phenolic OH excluding ortho intramolecular Hbond substituents is 1. The van der Waals surface area contributed by atoms with Gasteiger partial charge in [-0.25, -0.2) is 4.68 Å². The summed E-state index contributed by atoms with van der Waals surface area (Å²) >= 11 is 1.65. The second-order valence-corrected chi connectivity index (χ2v) is 5.44. The highest BCUT2D eigenvalue weighted by molar-refractivity contribution is 7.98. The van der Waals surface area contributed by atoms with Gasteiger partial charge < -0.3 is 5.11 Å². The second-order valence-electron chi connectivity index (χ2n) is 4.56. The molecule has 3 rings (SSSR count). The number of thioether (sulfide) groups is 1. The van der Waals surface area contributed by atoms with Crippen LogP contribution in [0.1, 0.15) is 0 Å². The molecule has 0 unspecified atom stereocenters. The molecule has 106 valence electrons. The van der Waals surface area contributed by atoms with Crippen LogP contribution in [0.25, 0.3) is 16.9 Å². The van der Waals surface area contributed by atoms with Crippen molar-refractivity contribution in [3.63, 3.8) is 0 Å². The smallest absolute Gasteiger partial charge is 0.271 e. The van der Waals surface area contributed by atoms with Gasteiger partial charge in [-0.3, -0.25) is 9.89 Å². The van der Waals surface area contributed by atoms with Crippen molar-refractivity contribution in [2.45, 2.75) is 4.90 Å². The summed E-state index contributed by atoms with van der Waals surface area (Å²) in [5, 5.41) is 12.9. The van der Waals surface area contributed by atoms with Gasteiger partial charge in [-0.15, -0.1) is 11.8 Å². The van der Waals surface area contributed by atoms with Gasteiger partial charge in [0.2, 0.25) is 0 Å². The number of rotatable bonds is 3. The van der Waals surface area contributed by atoms with Crippen LogP contribution in [0.2, 0.25) is 0 Å². The van der Waals surface area contributed by atoms with Crippen molar-refractivity contribution in [1.82, 2.24) is 9.78 Å². The monoisotopic (exact) mass is 298 g/mol. The molecule has 2 N–H and O–H groups in total. The van der Waals surface area contributed by atoms with E-state index in [0.717, 1.165) is 10.6 Å². The molecule has 0 aliphatic carbocycles. The van der Waals surface area contributed by atoms with Crippen LogP contribution in [0.4, 0.5) is 0 Å². The van der Waals surface area contributed by atoms with Crippen molar-refractivity contribution in [3.05, 3.63) is 65.0 Å². The molecular formula is C16H14N2O2S. The zero-order valence-corrected chi connectivity index (χ0v) is 12.2. The molecule has 3 aromatic rings. The van der Waals surface area contributed by atoms with Crippen molar-refractivity contribution < 1.29 is 5.11 Å². The maximum atomic E-state index is 12.1. The molecule has 0 spiro atoms. The second kappa shape index (κ2) is 5.54. The van der Waals surface area contributed by atoms with Gasteiger partial charge in [0.15, 0.2) is 0 Å². The van der Waals surface area contributed by atoms with E-state index in [9.17, 15) is 9.90 Å². The molecule has 2 aromatic carbocycles. The molecule has 0 aliphatic rings. The average molecular weight is 298 g/mol. The number of aromatic nitrogens is 2. The number of aromatic hydroxyl groups is 1. The summed E-state index contributed by atoms with van der Waals surface area (Å²) in [5.41, 5.74) is 1.80. The van der Waals surface area contributed by atoms with E-state index in [4.69, 9.17) is 0 Å². The van der Waals surface area contributed by atoms with E-state index < -0.39 is 0 Å². The first-order valence-corrected chi connectivity index (χ1v) is 7.66. The van der Waals surface area contributed by atoms with E-state index in [1.54, 1.807) is 30.0 Å². The number of aromatic amines is 1. The third kappa shape index (κ3) is 2.60. The van der Waals surface area contributed by atoms with Crippen LogP contribution >= 0.6 is 11.8 Å². The summed E-state index contributed by atoms with van der Waals surface area (Å²) in [5.74, 6) is 0.142. The summed E-state index contributed by atoms with van der Waals surface area (Å²) in [4.78, 5) is 13.3. The van der Waals surface area contributed by atoms with Crippen LogP contribution in [-0.2, 0) is 0 Å². The van der Waals surface area contributed by atoms with Crippen LogP contribution in [0.3, 0.4) is 0 Å². The van der Waals surface area contributed by atoms with E-state index in [2.05, 4.69) is 5.10 Å². The van der Waals surface area contributed by atoms with E-state index >= 15 is 0 Å². The van der Waals surface area contributed by atoms with Crippen molar-refractivity contribution in [1.29, 1.82) is 0 Å². The summed E-state index contributed by atoms with van der Waals surface area (Å²) in [6, 6.07) is 16.1. The number of hydrogen-bond donors (Lipinski definition) is 2. The predicted octanol–water partition coefficient (Wildman–Crippen LogP) is 3.26. The summed E-state index contributed by atoms with van der Waals surface area (Å²) in [6.45, 7) is 0. The summed E-state index contributed by atoms with van der Waals surface area (Å²) in [6.07, 6.45) is 2.01. The molecule has 1 aromatic heterocycles. The molecule has 0 bridgehead atoms. The molecular weight excluding hydrogens is 284 g/mol. The summed E-state index contributed by atoms with van der Waals surface area (Å²) < 4.78 is 1.46. The average Bonchev–Trinajstić information content (AvgIpc) is 2.89. The molecule has 0 fully saturated rings. The van der Waals surface area contributed by atoms with Crippen LogP contribution in [0, 0.1) is 0 Å². The Kier molecular flexibility index (Phi) is 3.58. The Morgan fingerprint density at radius 1 is 1.10 bits per heavy atom. The lowest BCUT2D eigenvalue weighted by Crippen LogP contribution is -2.13. The molecule has 21 heavy (non-hydrogen) atoms. The normalized spacial score (nSPS) is 10.7. The van der Waals surface area contributed by atoms with Gasteiger partial charge in [0, 0.05) is 16.5 Å². The largest absolute Gasteiger partial charge is 0.507 e. The molecule has 0 saturated heterocycles. The number of nitrogens with one attached hydrogen (secondary N) is 1. The maximum Gasteiger partial charge on any atom is 0.271 e. The van der Waals surface area contributed by atoms with Gasteiger partial charge in [0.05, 0.1) is 11.4 Å². The lowest BCUT2D eigenvalue weighted by atomic mass is 10.1. The number of hydrogen-bond acceptors (Lipinski definition) is 3. The molecule has 0 atom stereocenters. The Labute approximate surface area is 126 Å². The Morgan fingerprint density at radius 2 is 1.81 bits per heavy atom. The molecule has 0 aliphatic heterocycles. The zero-order valence-electron chi connectivity index (χ0n) is 11.4. The molecule has 0 amide bonds. The SMILES string of the molecule is CSc1ccc(-n2[nH]c(-c3ccccc3O)cc2=O)cc1. The van der Waals surface area contributed by atoms with Gasteiger partial charge in [-0.05, 0) is 42.7 Å². The lowest BCUT2D eigenvalue weighted by Gasteiger charge is -2.04. The Hall–Kier alpha value is -2.40. The Morgan fingerprint density at radius 3 is 2.48 bits per heavy atom. The fraction of sp³-hybridized carbons (Fsp3) is 0.0625. The van der Waals surface area contributed by atoms with Gasteiger partial charge in [0.1, 0.15) is 5.75 Å². The Balaban J connectivity index is 2.05. The fourth-order valence-corrected chi connectivity index (χ4v) is 2.57. The minimum atomic E-state index is -0.162. The van der Waals surface area contributed by atoms with E-state index in [1.807, 2.05) is 36.6 Å². The molecule has 1 heterocycles. The molecule has 5 heteroatoms. The molecule has 4 nitrogen and oxygen atoms in total. The number of para-hydroxylation sites is 1. The maximum absolute atomic E-state index is 12.1. The Bertz CT molecular complexity index is 819. The first kappa shape index (κ1) is 13.6. The first-order valence-electron chi connectivity index (χ1n) is 6.44. The third-order valence-electron chi connectivity index (χ3n) is 3.25. The quantitative estimate of drug-likeness (QED) is 0.730. The van der Waals surface area contributed by atoms with E-state index in [1.165, 1.54) is 10.7 Å². The van der Waals surface area contributed by atoms with Gasteiger partial charge >= 0.3 is 0 Å². The van der Waals surface area contributed by atoms with Gasteiger partial charge in [-0.1, -0.05) is 12.1 Å². The standard InChI is InChI=1S/C16H14N2O2S/c1-21-12-8-6-11(7-9-12)18-16(20)10-14(17-18)13-4-2-3-5-15(13)19/h2-10,17,19H,1H3. The predicted molar refractivity (Wildman–Crippen MR) is 85.3 cm³/mol. The highest BCUT2D eigenvalue weighted by atomic mass is 32.2. The topological polar surface area (TPSA) is 58.0 Å². The number of nitrogens with zero attached hydrogens (tertiary/aromatic N) is 1. The lowest BCUT2D eigenvalue weighted by molar-refractivity contribution is 0.477. The van der Waals surface area contributed by atoms with Crippen LogP contribution in [-0.4, -0.2) is 21.1 Å². The first-order chi connectivity index (χ1) is 10.2. The third-order valence-corrected chi connectivity index (χ3v) is 3.99. The molecule has 0 radical (unpaired) electrons. The highest BCUT2D eigenvalue weighted by Crippen LogP contribution is 2.26. The van der Waals surface area contributed by atoms with Crippen LogP contribution in [0.5, 0.6) is 5.75 Å². The molecule has 0 saturated carbocycles. The summed E-state index contributed by atoms with van der Waals surface area (Å²) in [7, 11) is 0. The van der Waals surface area contributed by atoms with Gasteiger partial charge in [-0.2, -0.15) is 0 Å². The minimum absolute atomic E-state index is 0.142. The van der Waals surface area contributed by atoms with Crippen molar-refractivity contribution in [2.75, 3.05) is 6.26 Å². The number of H-pyrrole nitrogens is 1. The van der Waals surface area contributed by atoms with Crippen LogP contribution < -0.4 is 5.56 Å². The number of phenols is 1. The van der Waals surface area contributed by atoms with Gasteiger partial charge in [0.25, 0.3) is 5.56 Å². The minimum Gasteiger partial charge on any atom is -0.507 e. The van der Waals surface area contributed by atoms with Crippen molar-refractivity contribution in [2.24, 2.45) is 0 Å². The van der Waals surface area contributed by atoms with Crippen LogP contribution in [0.15, 0.2) is 64.3 Å². The number of benzene rings is 2. The fourth-order valence-electron chi connectivity index (χ4n) is 2.16. The van der Waals surface area contributed by atoms with Crippen molar-refractivity contribution >= 4 is 11.8 Å². The zero-order chi connectivity index (χ0) is 14.8. The van der Waals surface area contributed by atoms with E-state index in [0.29, 0.717) is 11.3 Å².